The molecule has 1 atom stereocenters. The lowest BCUT2D eigenvalue weighted by molar-refractivity contribution is 0.139. The zero-order valence-electron chi connectivity index (χ0n) is 12.3. The predicted octanol–water partition coefficient (Wildman–Crippen LogP) is 1.97. The lowest BCUT2D eigenvalue weighted by atomic mass is 10.0. The molecule has 0 aliphatic carbocycles. The van der Waals surface area contributed by atoms with Gasteiger partial charge in [0.05, 0.1) is 0 Å². The van der Waals surface area contributed by atoms with Gasteiger partial charge in [-0.15, -0.1) is 0 Å². The summed E-state index contributed by atoms with van der Waals surface area (Å²) in [5, 5.41) is 3.52. The molecule has 19 heavy (non-hydrogen) atoms. The van der Waals surface area contributed by atoms with E-state index in [1.165, 1.54) is 18.7 Å². The van der Waals surface area contributed by atoms with Crippen LogP contribution in [-0.2, 0) is 0 Å². The molecule has 0 bridgehead atoms. The van der Waals surface area contributed by atoms with Crippen LogP contribution in [0, 0.1) is 0 Å². The average Bonchev–Trinajstić information content (AvgIpc) is 2.49. The zero-order chi connectivity index (χ0) is 13.5. The molecule has 0 spiro atoms. The van der Waals surface area contributed by atoms with Crippen molar-refractivity contribution in [2.45, 2.75) is 19.9 Å². The second-order valence-electron chi connectivity index (χ2n) is 5.19. The van der Waals surface area contributed by atoms with Gasteiger partial charge in [0.15, 0.2) is 0 Å². The van der Waals surface area contributed by atoms with Crippen molar-refractivity contribution in [3.05, 3.63) is 35.9 Å². The highest BCUT2D eigenvalue weighted by Crippen LogP contribution is 2.21. The highest BCUT2D eigenvalue weighted by molar-refractivity contribution is 5.20. The second kappa shape index (κ2) is 7.63. The molecule has 1 N–H and O–H groups in total. The molecule has 0 radical (unpaired) electrons. The molecular formula is C16H27N3. The van der Waals surface area contributed by atoms with E-state index < -0.39 is 0 Å². The number of hydrogen-bond acceptors (Lipinski definition) is 3. The van der Waals surface area contributed by atoms with Crippen LogP contribution in [0.2, 0.25) is 0 Å². The van der Waals surface area contributed by atoms with Crippen LogP contribution in [0.3, 0.4) is 0 Å². The molecule has 1 unspecified atom stereocenters. The van der Waals surface area contributed by atoms with Crippen molar-refractivity contribution in [2.24, 2.45) is 0 Å². The lowest BCUT2D eigenvalue weighted by Gasteiger charge is -2.37. The Labute approximate surface area is 117 Å². The van der Waals surface area contributed by atoms with Crippen LogP contribution < -0.4 is 5.32 Å². The highest BCUT2D eigenvalue weighted by atomic mass is 15.2. The van der Waals surface area contributed by atoms with Crippen molar-refractivity contribution in [1.29, 1.82) is 0 Å². The van der Waals surface area contributed by atoms with Crippen molar-refractivity contribution in [3.8, 4) is 0 Å². The quantitative estimate of drug-likeness (QED) is 0.845. The van der Waals surface area contributed by atoms with Gasteiger partial charge in [-0.25, -0.2) is 0 Å². The summed E-state index contributed by atoms with van der Waals surface area (Å²) in [5.41, 5.74) is 1.44. The fourth-order valence-electron chi connectivity index (χ4n) is 2.83. The monoisotopic (exact) mass is 261 g/mol. The third-order valence-corrected chi connectivity index (χ3v) is 4.14. The van der Waals surface area contributed by atoms with Crippen LogP contribution in [0.25, 0.3) is 0 Å². The predicted molar refractivity (Wildman–Crippen MR) is 81.4 cm³/mol. The van der Waals surface area contributed by atoms with E-state index >= 15 is 0 Å². The van der Waals surface area contributed by atoms with Crippen molar-refractivity contribution in [1.82, 2.24) is 15.1 Å². The maximum atomic E-state index is 3.52. The molecule has 0 saturated carbocycles. The van der Waals surface area contributed by atoms with Crippen LogP contribution in [0.15, 0.2) is 30.3 Å². The van der Waals surface area contributed by atoms with Crippen LogP contribution in [0.1, 0.15) is 25.5 Å². The van der Waals surface area contributed by atoms with E-state index in [9.17, 15) is 0 Å². The van der Waals surface area contributed by atoms with Gasteiger partial charge in [0.25, 0.3) is 0 Å². The van der Waals surface area contributed by atoms with Gasteiger partial charge >= 0.3 is 0 Å². The molecule has 2 rings (SSSR count). The molecule has 1 aliphatic rings. The summed E-state index contributed by atoms with van der Waals surface area (Å²) in [7, 11) is 0. The number of benzene rings is 1. The molecule has 1 aromatic carbocycles. The number of piperazine rings is 1. The minimum Gasteiger partial charge on any atom is -0.314 e. The summed E-state index contributed by atoms with van der Waals surface area (Å²) in [5.74, 6) is 0. The first-order valence-corrected chi connectivity index (χ1v) is 7.57. The van der Waals surface area contributed by atoms with E-state index in [1.807, 2.05) is 0 Å². The largest absolute Gasteiger partial charge is 0.314 e. The summed E-state index contributed by atoms with van der Waals surface area (Å²) < 4.78 is 0. The molecule has 0 amide bonds. The van der Waals surface area contributed by atoms with Gasteiger partial charge in [-0.3, -0.25) is 4.90 Å². The molecular weight excluding hydrogens is 234 g/mol. The topological polar surface area (TPSA) is 18.5 Å². The number of hydrogen-bond donors (Lipinski definition) is 1. The minimum atomic E-state index is 0.533. The standard InChI is InChI=1S/C16H27N3/c1-3-18(4-2)12-13-19-11-10-17-14-16(19)15-8-6-5-7-9-15/h5-9,16-17H,3-4,10-14H2,1-2H3. The van der Waals surface area contributed by atoms with Gasteiger partial charge in [0.1, 0.15) is 0 Å². The molecule has 1 fully saturated rings. The molecule has 3 heteroatoms. The van der Waals surface area contributed by atoms with E-state index in [0.717, 1.165) is 32.7 Å². The van der Waals surface area contributed by atoms with Crippen molar-refractivity contribution in [3.63, 3.8) is 0 Å². The normalized spacial score (nSPS) is 20.9. The van der Waals surface area contributed by atoms with Gasteiger partial charge in [-0.1, -0.05) is 44.2 Å². The summed E-state index contributed by atoms with van der Waals surface area (Å²) in [4.78, 5) is 5.13. The summed E-state index contributed by atoms with van der Waals surface area (Å²) >= 11 is 0. The Morgan fingerprint density at radius 3 is 2.63 bits per heavy atom. The zero-order valence-corrected chi connectivity index (χ0v) is 12.3. The number of rotatable bonds is 6. The first-order valence-electron chi connectivity index (χ1n) is 7.57. The van der Waals surface area contributed by atoms with Crippen LogP contribution in [-0.4, -0.2) is 55.6 Å². The van der Waals surface area contributed by atoms with Gasteiger partial charge in [-0.2, -0.15) is 0 Å². The Morgan fingerprint density at radius 1 is 1.21 bits per heavy atom. The second-order valence-corrected chi connectivity index (χ2v) is 5.19. The Morgan fingerprint density at radius 2 is 1.95 bits per heavy atom. The third kappa shape index (κ3) is 4.03. The van der Waals surface area contributed by atoms with E-state index in [2.05, 4.69) is 59.3 Å². The smallest absolute Gasteiger partial charge is 0.0473 e. The highest BCUT2D eigenvalue weighted by Gasteiger charge is 2.23. The average molecular weight is 261 g/mol. The first kappa shape index (κ1) is 14.5. The summed E-state index contributed by atoms with van der Waals surface area (Å²) in [6.45, 7) is 12.5. The van der Waals surface area contributed by atoms with E-state index in [4.69, 9.17) is 0 Å². The van der Waals surface area contributed by atoms with Gasteiger partial charge < -0.3 is 10.2 Å². The van der Waals surface area contributed by atoms with Gasteiger partial charge in [0.2, 0.25) is 0 Å². The maximum Gasteiger partial charge on any atom is 0.0473 e. The summed E-state index contributed by atoms with van der Waals surface area (Å²) in [6, 6.07) is 11.4. The molecule has 1 aromatic rings. The van der Waals surface area contributed by atoms with Crippen LogP contribution in [0.4, 0.5) is 0 Å². The van der Waals surface area contributed by atoms with E-state index in [-0.39, 0.29) is 0 Å². The Bertz CT molecular complexity index is 348. The molecule has 1 saturated heterocycles. The minimum absolute atomic E-state index is 0.533. The van der Waals surface area contributed by atoms with Crippen molar-refractivity contribution >= 4 is 0 Å². The maximum absolute atomic E-state index is 3.52. The van der Waals surface area contributed by atoms with Gasteiger partial charge in [0, 0.05) is 38.8 Å². The number of likely N-dealkylation sites (N-methyl/N-ethyl adjacent to an activating group) is 1. The molecule has 3 nitrogen and oxygen atoms in total. The Kier molecular flexibility index (Phi) is 5.83. The molecule has 106 valence electrons. The van der Waals surface area contributed by atoms with E-state index in [1.54, 1.807) is 0 Å². The number of nitrogens with one attached hydrogen (secondary N) is 1. The third-order valence-electron chi connectivity index (χ3n) is 4.14. The molecule has 1 heterocycles. The molecule has 0 aromatic heterocycles. The fourth-order valence-corrected chi connectivity index (χ4v) is 2.83. The van der Waals surface area contributed by atoms with Gasteiger partial charge in [-0.05, 0) is 18.7 Å². The van der Waals surface area contributed by atoms with Crippen molar-refractivity contribution in [2.75, 3.05) is 45.8 Å². The SMILES string of the molecule is CCN(CC)CCN1CCNCC1c1ccccc1. The summed E-state index contributed by atoms with van der Waals surface area (Å²) in [6.07, 6.45) is 0. The van der Waals surface area contributed by atoms with E-state index in [0.29, 0.717) is 6.04 Å². The van der Waals surface area contributed by atoms with Crippen molar-refractivity contribution < 1.29 is 0 Å². The van der Waals surface area contributed by atoms with Crippen LogP contribution >= 0.6 is 0 Å². The van der Waals surface area contributed by atoms with Crippen LogP contribution in [0.5, 0.6) is 0 Å². The Balaban J connectivity index is 1.96. The lowest BCUT2D eigenvalue weighted by Crippen LogP contribution is -2.48. The first-order chi connectivity index (χ1) is 9.35. The fraction of sp³-hybridized carbons (Fsp3) is 0.625. The number of nitrogens with zero attached hydrogens (tertiary/aromatic N) is 2. The Hall–Kier alpha value is -0.900. The molecule has 1 aliphatic heterocycles.